The number of anilines is 1. The van der Waals surface area contributed by atoms with E-state index in [1.165, 1.54) is 13.8 Å². The molecule has 2 heterocycles. The maximum absolute atomic E-state index is 14.0. The van der Waals surface area contributed by atoms with Gasteiger partial charge in [-0.25, -0.2) is 20.0 Å². The van der Waals surface area contributed by atoms with E-state index in [1.807, 2.05) is 42.6 Å². The maximum atomic E-state index is 14.0. The van der Waals surface area contributed by atoms with Crippen molar-refractivity contribution < 1.29 is 24.0 Å². The summed E-state index contributed by atoms with van der Waals surface area (Å²) in [7, 11) is 0.333. The number of rotatable bonds is 16. The highest BCUT2D eigenvalue weighted by Crippen LogP contribution is 2.41. The third kappa shape index (κ3) is 8.10. The van der Waals surface area contributed by atoms with Crippen LogP contribution in [0, 0.1) is 6.92 Å². The van der Waals surface area contributed by atoms with Gasteiger partial charge in [-0.05, 0) is 64.7 Å². The van der Waals surface area contributed by atoms with E-state index in [1.54, 1.807) is 13.8 Å². The summed E-state index contributed by atoms with van der Waals surface area (Å²) in [5.74, 6) is -1.50. The molecule has 14 nitrogen and oxygen atoms in total. The van der Waals surface area contributed by atoms with E-state index in [2.05, 4.69) is 25.1 Å². The van der Waals surface area contributed by atoms with Crippen molar-refractivity contribution in [2.24, 2.45) is 0 Å². The molecule has 15 heteroatoms. The summed E-state index contributed by atoms with van der Waals surface area (Å²) < 4.78 is 20.8. The molecule has 1 aromatic rings. The highest BCUT2D eigenvalue weighted by molar-refractivity contribution is 7.60. The number of fused-ring (bicyclic) bond motifs is 2. The van der Waals surface area contributed by atoms with Crippen molar-refractivity contribution in [3.63, 3.8) is 0 Å². The van der Waals surface area contributed by atoms with Gasteiger partial charge in [0.15, 0.2) is 11.5 Å². The Hall–Kier alpha value is -3.61. The number of aromatic nitrogens is 4. The number of aryl methyl sites for hydroxylation is 2. The Labute approximate surface area is 256 Å². The second kappa shape index (κ2) is 14.4. The monoisotopic (exact) mass is 633 g/mol. The van der Waals surface area contributed by atoms with Crippen molar-refractivity contribution in [2.45, 2.75) is 84.8 Å². The summed E-state index contributed by atoms with van der Waals surface area (Å²) in [4.78, 5) is 61.7. The Balaban J connectivity index is 1.79. The second-order valence-electron chi connectivity index (χ2n) is 11.4. The van der Waals surface area contributed by atoms with E-state index in [9.17, 15) is 28.8 Å². The van der Waals surface area contributed by atoms with Gasteiger partial charge in [0.05, 0.1) is 17.6 Å². The molecule has 3 atom stereocenters. The summed E-state index contributed by atoms with van der Waals surface area (Å²) >= 11 is 0. The molecule has 0 bridgehead atoms. The number of unbranched alkanes of at least 4 members (excludes halogenated alkanes) is 3. The van der Waals surface area contributed by atoms with Gasteiger partial charge in [-0.2, -0.15) is 4.98 Å². The fraction of sp³-hybridized carbons (Fsp3) is 0.586. The predicted molar refractivity (Wildman–Crippen MR) is 170 cm³/mol. The van der Waals surface area contributed by atoms with Crippen molar-refractivity contribution in [2.75, 3.05) is 31.8 Å². The molecule has 1 unspecified atom stereocenters. The molecule has 44 heavy (non-hydrogen) atoms. The summed E-state index contributed by atoms with van der Waals surface area (Å²) in [6.07, 6.45) is 2.80. The van der Waals surface area contributed by atoms with Crippen LogP contribution in [0.2, 0.25) is 0 Å². The number of aromatic amines is 1. The van der Waals surface area contributed by atoms with Crippen molar-refractivity contribution in [1.82, 2.24) is 29.7 Å². The van der Waals surface area contributed by atoms with Gasteiger partial charge >= 0.3 is 17.6 Å². The number of aliphatic carboxylic acids is 1. The Morgan fingerprint density at radius 3 is 2.45 bits per heavy atom. The van der Waals surface area contributed by atoms with Gasteiger partial charge < -0.3 is 19.3 Å². The van der Waals surface area contributed by atoms with Gasteiger partial charge in [-0.1, -0.05) is 19.8 Å². The van der Waals surface area contributed by atoms with Crippen molar-refractivity contribution in [3.05, 3.63) is 38.5 Å². The zero-order valence-electron chi connectivity index (χ0n) is 26.5. The molecule has 0 amide bonds. The number of nitrogens with one attached hydrogen (secondary N) is 3. The number of H-pyrrole nitrogens is 1. The maximum Gasteiger partial charge on any atom is 0.349 e. The molecule has 2 aliphatic heterocycles. The molecule has 3 rings (SSSR count). The lowest BCUT2D eigenvalue weighted by Gasteiger charge is -2.32. The minimum Gasteiger partial charge on any atom is -0.480 e. The first-order chi connectivity index (χ1) is 20.6. The summed E-state index contributed by atoms with van der Waals surface area (Å²) in [5.41, 5.74) is 0.584. The minimum absolute atomic E-state index is 0.0836. The Morgan fingerprint density at radius 1 is 1.16 bits per heavy atom. The number of ether oxygens (including phenoxy) is 1. The highest BCUT2D eigenvalue weighted by atomic mass is 31.2. The normalized spacial score (nSPS) is 15.1. The van der Waals surface area contributed by atoms with Crippen LogP contribution in [-0.4, -0.2) is 75.0 Å². The largest absolute Gasteiger partial charge is 0.480 e. The third-order valence-corrected chi connectivity index (χ3v) is 10.3. The van der Waals surface area contributed by atoms with Gasteiger partial charge in [0, 0.05) is 32.5 Å². The molecule has 0 spiro atoms. The van der Waals surface area contributed by atoms with Crippen LogP contribution in [0.5, 0.6) is 0 Å². The lowest BCUT2D eigenvalue weighted by Crippen LogP contribution is -2.51. The first-order valence-electron chi connectivity index (χ1n) is 14.8. The number of carbonyl (C=O) groups is 2. The van der Waals surface area contributed by atoms with Crippen molar-refractivity contribution in [1.29, 1.82) is 0 Å². The zero-order chi connectivity index (χ0) is 32.8. The molecule has 0 aliphatic carbocycles. The number of nitrogens with zero attached hydrogens (tertiary/aromatic N) is 4. The first kappa shape index (κ1) is 34.9. The molecule has 2 aliphatic rings. The lowest BCUT2D eigenvalue weighted by atomic mass is 10.0. The van der Waals surface area contributed by atoms with E-state index in [4.69, 9.17) is 4.74 Å². The molecule has 0 saturated heterocycles. The lowest BCUT2D eigenvalue weighted by molar-refractivity contribution is -0.144. The molecule has 0 aromatic heterocycles. The molecule has 1 aromatic carbocycles. The fourth-order valence-electron chi connectivity index (χ4n) is 5.06. The molecular weight excluding hydrogens is 589 g/mol. The van der Waals surface area contributed by atoms with Crippen LogP contribution in [0.1, 0.15) is 65.4 Å². The Bertz CT molecular complexity index is 1640. The van der Waals surface area contributed by atoms with Crippen LogP contribution in [0.4, 0.5) is 5.69 Å². The average Bonchev–Trinajstić information content (AvgIpc) is 2.94. The second-order valence-corrected chi connectivity index (χ2v) is 13.8. The molecule has 242 valence electrons. The van der Waals surface area contributed by atoms with E-state index in [-0.39, 0.29) is 30.7 Å². The quantitative estimate of drug-likeness (QED) is 0.0782. The van der Waals surface area contributed by atoms with Crippen LogP contribution in [-0.2, 0) is 25.4 Å². The standard InChI is InChI=1S/C29H44N7O7P/c1-8-29(5,27(39)40)34-44(42,33-19(4)26(38)43-9-2)15-13-11-10-12-14-36-22-17-21(35(6)7)18(3)16-20(22)30-23-24(36)31-28(41)32-25(23)37/h16-17,19H,8-15H2,1-7H3,(H,39,40)(H,32,37,41)(H2,33,34,42)/t19-,29-,44?/m0/s1. The number of carboxylic acids is 1. The smallest absolute Gasteiger partial charge is 0.349 e. The number of esters is 1. The molecular formula is C29H44N7O7P. The van der Waals surface area contributed by atoms with Crippen LogP contribution in [0.3, 0.4) is 0 Å². The Kier molecular flexibility index (Phi) is 11.5. The van der Waals surface area contributed by atoms with Gasteiger partial charge in [0.1, 0.15) is 11.6 Å². The van der Waals surface area contributed by atoms with E-state index in [0.29, 0.717) is 37.7 Å². The van der Waals surface area contributed by atoms with E-state index in [0.717, 1.165) is 16.8 Å². The zero-order valence-corrected chi connectivity index (χ0v) is 27.4. The molecule has 0 radical (unpaired) electrons. The van der Waals surface area contributed by atoms with Crippen molar-refractivity contribution >= 4 is 36.1 Å². The SMILES string of the molecule is CCOC(=O)[C@H](C)NP(=O)(CCCCCCn1c2nc(=O)[nH]c(=O)c-2nc2cc(C)c(N(C)C)cc21)N[C@@](C)(CC)C(=O)O. The van der Waals surface area contributed by atoms with Gasteiger partial charge in [-0.3, -0.25) is 23.9 Å². The fourth-order valence-corrected chi connectivity index (χ4v) is 7.82. The third-order valence-electron chi connectivity index (χ3n) is 7.66. The summed E-state index contributed by atoms with van der Waals surface area (Å²) in [6.45, 7) is 8.94. The first-order valence-corrected chi connectivity index (χ1v) is 16.7. The van der Waals surface area contributed by atoms with Gasteiger partial charge in [0.25, 0.3) is 5.56 Å². The Morgan fingerprint density at radius 2 is 1.84 bits per heavy atom. The predicted octanol–water partition coefficient (Wildman–Crippen LogP) is 3.10. The van der Waals surface area contributed by atoms with Crippen molar-refractivity contribution in [3.8, 4) is 11.5 Å². The topological polar surface area (TPSA) is 189 Å². The summed E-state index contributed by atoms with van der Waals surface area (Å²) in [6, 6.07) is 2.97. The molecule has 4 N–H and O–H groups in total. The highest BCUT2D eigenvalue weighted by Gasteiger charge is 2.39. The number of hydrogen-bond acceptors (Lipinski definition) is 9. The van der Waals surface area contributed by atoms with Crippen LogP contribution in [0.25, 0.3) is 22.6 Å². The van der Waals surface area contributed by atoms with E-state index >= 15 is 0 Å². The van der Waals surface area contributed by atoms with Gasteiger partial charge in [0.2, 0.25) is 7.44 Å². The number of benzene rings is 1. The number of hydrogen-bond donors (Lipinski definition) is 4. The van der Waals surface area contributed by atoms with Crippen LogP contribution < -0.4 is 26.3 Å². The minimum atomic E-state index is -3.53. The van der Waals surface area contributed by atoms with Crippen LogP contribution >= 0.6 is 7.44 Å². The molecule has 0 saturated carbocycles. The van der Waals surface area contributed by atoms with Gasteiger partial charge in [-0.15, -0.1) is 0 Å². The van der Waals surface area contributed by atoms with E-state index < -0.39 is 42.2 Å². The number of carbonyl (C=O) groups excluding carboxylic acids is 1. The molecule has 0 fully saturated rings. The van der Waals surface area contributed by atoms with Crippen LogP contribution in [0.15, 0.2) is 21.7 Å². The summed E-state index contributed by atoms with van der Waals surface area (Å²) in [5, 5.41) is 15.4. The number of carboxylic acid groups (broad SMARTS) is 1. The average molecular weight is 634 g/mol.